The van der Waals surface area contributed by atoms with Crippen LogP contribution in [0.5, 0.6) is 11.5 Å². The summed E-state index contributed by atoms with van der Waals surface area (Å²) in [6.45, 7) is 15.2. The van der Waals surface area contributed by atoms with Crippen molar-refractivity contribution < 1.29 is 28.9 Å². The maximum atomic E-state index is 12.1. The molecule has 7 rings (SSSR count). The van der Waals surface area contributed by atoms with Gasteiger partial charge in [0.1, 0.15) is 28.9 Å². The van der Waals surface area contributed by atoms with Crippen LogP contribution in [-0.4, -0.2) is 63.8 Å². The Morgan fingerprint density at radius 3 is 2.13 bits per heavy atom. The molecule has 0 bridgehead atoms. The average Bonchev–Trinajstić information content (AvgIpc) is 3.67. The first-order valence-corrected chi connectivity index (χ1v) is 21.9. The van der Waals surface area contributed by atoms with E-state index in [4.69, 9.17) is 38.5 Å². The van der Waals surface area contributed by atoms with Crippen molar-refractivity contribution in [3.05, 3.63) is 97.9 Å². The van der Waals surface area contributed by atoms with E-state index in [-0.39, 0.29) is 52.9 Å². The molecule has 16 nitrogen and oxygen atoms in total. The van der Waals surface area contributed by atoms with Gasteiger partial charge < -0.3 is 52.0 Å². The van der Waals surface area contributed by atoms with E-state index >= 15 is 0 Å². The Balaban J connectivity index is 0.000000197. The number of allylic oxidation sites excluding steroid dienone is 2. The molecule has 2 unspecified atom stereocenters. The molecule has 0 radical (unpaired) electrons. The number of amides is 2. The molecule has 11 N–H and O–H groups in total. The second-order valence-corrected chi connectivity index (χ2v) is 17.4. The summed E-state index contributed by atoms with van der Waals surface area (Å²) in [6, 6.07) is 13.4. The molecule has 2 aliphatic carbocycles. The van der Waals surface area contributed by atoms with Crippen molar-refractivity contribution in [1.29, 1.82) is 10.7 Å². The Labute approximate surface area is 377 Å². The summed E-state index contributed by atoms with van der Waals surface area (Å²) >= 11 is 3.42. The van der Waals surface area contributed by atoms with Crippen LogP contribution in [0.1, 0.15) is 107 Å². The van der Waals surface area contributed by atoms with Crippen LogP contribution in [0.4, 0.5) is 11.5 Å². The number of carbonyl (C=O) groups is 2. The highest BCUT2D eigenvalue weighted by Gasteiger charge is 2.32. The summed E-state index contributed by atoms with van der Waals surface area (Å²) in [5.41, 5.74) is 20.4. The fourth-order valence-electron chi connectivity index (χ4n) is 7.85. The van der Waals surface area contributed by atoms with Crippen LogP contribution in [0, 0.1) is 41.1 Å². The summed E-state index contributed by atoms with van der Waals surface area (Å²) in [5, 5.41) is 47.4. The summed E-state index contributed by atoms with van der Waals surface area (Å²) in [6.07, 6.45) is 14.5. The smallest absolute Gasteiger partial charge is 0.532 e. The van der Waals surface area contributed by atoms with E-state index in [1.165, 1.54) is 6.20 Å². The lowest BCUT2D eigenvalue weighted by molar-refractivity contribution is -0.114. The van der Waals surface area contributed by atoms with Gasteiger partial charge in [0.05, 0.1) is 23.6 Å². The van der Waals surface area contributed by atoms with Gasteiger partial charge >= 0.3 is 14.2 Å². The fourth-order valence-corrected chi connectivity index (χ4v) is 8.23. The topological polar surface area (TPSA) is 265 Å². The van der Waals surface area contributed by atoms with E-state index in [0.29, 0.717) is 17.3 Å². The normalized spacial score (nSPS) is 20.3. The highest BCUT2D eigenvalue weighted by Crippen LogP contribution is 2.37. The first-order chi connectivity index (χ1) is 30.0. The number of hydrogen-bond donors (Lipinski definition) is 8. The minimum atomic E-state index is -0.952. The molecule has 2 aliphatic heterocycles. The molecule has 2 fully saturated rings. The molecule has 2 saturated carbocycles. The second kappa shape index (κ2) is 21.9. The van der Waals surface area contributed by atoms with Crippen molar-refractivity contribution in [2.45, 2.75) is 97.2 Å². The van der Waals surface area contributed by atoms with Crippen molar-refractivity contribution in [3.8, 4) is 17.6 Å². The predicted molar refractivity (Wildman–Crippen MR) is 249 cm³/mol. The first kappa shape index (κ1) is 48.0. The van der Waals surface area contributed by atoms with Gasteiger partial charge in [-0.3, -0.25) is 19.7 Å². The van der Waals surface area contributed by atoms with Gasteiger partial charge in [0.15, 0.2) is 5.82 Å². The molecule has 1 aromatic heterocycles. The molecule has 2 amide bonds. The zero-order valence-corrected chi connectivity index (χ0v) is 37.6. The Morgan fingerprint density at radius 2 is 1.56 bits per heavy atom. The summed E-state index contributed by atoms with van der Waals surface area (Å²) in [5.74, 6) is 0.295. The van der Waals surface area contributed by atoms with Crippen LogP contribution in [0.25, 0.3) is 17.0 Å². The van der Waals surface area contributed by atoms with Crippen LogP contribution in [0.15, 0.2) is 69.8 Å². The van der Waals surface area contributed by atoms with Crippen molar-refractivity contribution >= 4 is 71.5 Å². The third-order valence-electron chi connectivity index (χ3n) is 11.4. The van der Waals surface area contributed by atoms with Crippen LogP contribution >= 0.6 is 15.9 Å². The Morgan fingerprint density at radius 1 is 0.968 bits per heavy atom. The maximum Gasteiger partial charge on any atom is 0.556 e. The molecule has 63 heavy (non-hydrogen) atoms. The third kappa shape index (κ3) is 12.3. The van der Waals surface area contributed by atoms with Gasteiger partial charge in [-0.1, -0.05) is 75.0 Å². The van der Waals surface area contributed by atoms with Gasteiger partial charge in [-0.25, -0.2) is 6.57 Å². The minimum Gasteiger partial charge on any atom is -0.532 e. The third-order valence-corrected chi connectivity index (χ3v) is 11.9. The Kier molecular flexibility index (Phi) is 16.7. The molecular formula is C44H55B2BrN10O6. The maximum absolute atomic E-state index is 12.1. The first-order valence-electron chi connectivity index (χ1n) is 21.1. The number of carbonyl (C=O) groups excluding carboxylic acids is 2. The Bertz CT molecular complexity index is 2340. The molecule has 4 aliphatic rings. The van der Waals surface area contributed by atoms with Crippen molar-refractivity contribution in [2.75, 3.05) is 5.32 Å². The number of nitrogens with one attached hydrogen (secondary N) is 3. The molecule has 3 heterocycles. The quantitative estimate of drug-likeness (QED) is 0.0360. The number of anilines is 2. The molecular weight excluding hydrogens is 866 g/mol. The highest BCUT2D eigenvalue weighted by molar-refractivity contribution is 9.10. The number of primary amides is 2. The summed E-state index contributed by atoms with van der Waals surface area (Å²) < 4.78 is 13.8. The second-order valence-electron chi connectivity index (χ2n) is 16.5. The van der Waals surface area contributed by atoms with E-state index in [1.54, 1.807) is 23.0 Å². The number of rotatable bonds is 10. The lowest BCUT2D eigenvalue weighted by Gasteiger charge is -2.26. The van der Waals surface area contributed by atoms with Crippen LogP contribution in [0.3, 0.4) is 0 Å². The number of fused-ring (bicyclic) bond motifs is 2. The largest absolute Gasteiger partial charge is 0.556 e. The number of benzene rings is 2. The van der Waals surface area contributed by atoms with E-state index in [2.05, 4.69) is 42.6 Å². The van der Waals surface area contributed by atoms with Gasteiger partial charge in [-0.05, 0) is 84.9 Å². The monoisotopic (exact) mass is 920 g/mol. The number of aromatic nitrogens is 2. The molecule has 330 valence electrons. The van der Waals surface area contributed by atoms with Crippen molar-refractivity contribution in [1.82, 2.24) is 15.1 Å². The number of nitriles is 1. The van der Waals surface area contributed by atoms with Crippen molar-refractivity contribution in [2.24, 2.45) is 35.0 Å². The zero-order chi connectivity index (χ0) is 46.0. The van der Waals surface area contributed by atoms with Gasteiger partial charge in [-0.2, -0.15) is 10.4 Å². The van der Waals surface area contributed by atoms with Gasteiger partial charge in [0.2, 0.25) is 6.04 Å². The number of nitrogens with zero attached hydrogens (tertiary/aromatic N) is 4. The molecule has 0 saturated heterocycles. The average molecular weight is 922 g/mol. The number of nitrogens with two attached hydrogens (primary N) is 3. The lowest BCUT2D eigenvalue weighted by Crippen LogP contribution is -2.39. The van der Waals surface area contributed by atoms with Gasteiger partial charge in [0.25, 0.3) is 11.8 Å². The molecule has 4 atom stereocenters. The minimum absolute atomic E-state index is 0.00921. The van der Waals surface area contributed by atoms with E-state index in [1.807, 2.05) is 64.1 Å². The summed E-state index contributed by atoms with van der Waals surface area (Å²) in [4.78, 5) is 26.6. The van der Waals surface area contributed by atoms with Gasteiger partial charge in [-0.15, -0.1) is 0 Å². The van der Waals surface area contributed by atoms with Crippen LogP contribution in [0.2, 0.25) is 0 Å². The molecule has 19 heteroatoms. The molecule has 3 aromatic rings. The molecule has 2 aromatic carbocycles. The van der Waals surface area contributed by atoms with E-state index in [9.17, 15) is 24.9 Å². The number of amidine groups is 1. The van der Waals surface area contributed by atoms with E-state index in [0.717, 1.165) is 83.7 Å². The Hall–Kier alpha value is -6.01. The molecule has 0 spiro atoms. The van der Waals surface area contributed by atoms with Gasteiger partial charge in [0, 0.05) is 40.1 Å². The predicted octanol–water partition coefficient (Wildman–Crippen LogP) is 6.44. The fraction of sp³-hybridized carbons (Fsp3) is 0.409. The van der Waals surface area contributed by atoms with E-state index < -0.39 is 26.1 Å². The zero-order valence-electron chi connectivity index (χ0n) is 36.0. The lowest BCUT2D eigenvalue weighted by atomic mass is 9.70. The van der Waals surface area contributed by atoms with Crippen LogP contribution in [-0.2, 0) is 4.79 Å². The number of hydrogen-bond acceptors (Lipinski definition) is 11. The highest BCUT2D eigenvalue weighted by atomic mass is 79.9. The van der Waals surface area contributed by atoms with Crippen LogP contribution < -0.4 is 37.1 Å². The summed E-state index contributed by atoms with van der Waals surface area (Å²) in [7, 11) is -1.76. The van der Waals surface area contributed by atoms with Crippen molar-refractivity contribution in [3.63, 3.8) is 0 Å². The number of halogens is 1. The standard InChI is InChI=1S/C22H26BN5O3.C11H12BBrO2.C11H17N5O/c1-13(2)18-10-15-9-16(7-8-20(15)31-23(18)30)26-22-17(21(25)29)12-28(27-22)19-6-4-3-5-14(19)11-24;1-7(2)10-6-8-5-9(13)3-4-11(8)15-12(10)14;1-15-8-4-2-3-5-9(8)16-6-7(10(12)13)11(14)17/h7-10,12-14,19,30H,3-6H2,1-2H3,(H2,25,29)(H,26,27);3-7,14H,1-2H3;6,8-9,16H,2-5H2,(H3,12,13)(H2,14,17)/b;;7-6+/t14-,19?;;8-,9?/m1.0/s1. The SMILES string of the molecule is CC(C)C1=Cc2cc(Br)ccc2OB1O.CC(C)C1=Cc2cc(Nc3nn(C4CCCC[C@@H]4C#N)cc3C(N)=O)ccc2OB1O.[C-]#[N+][C@H]1CCCCC1N/C=C(\C(=N)N)C(N)=O.